The van der Waals surface area contributed by atoms with E-state index < -0.39 is 12.2 Å². The van der Waals surface area contributed by atoms with E-state index in [-0.39, 0.29) is 23.9 Å². The summed E-state index contributed by atoms with van der Waals surface area (Å²) in [5, 5.41) is 0. The van der Waals surface area contributed by atoms with Crippen LogP contribution in [0.25, 0.3) is 0 Å². The van der Waals surface area contributed by atoms with Crippen molar-refractivity contribution in [1.82, 2.24) is 9.80 Å². The van der Waals surface area contributed by atoms with Crippen LogP contribution in [0.4, 0.5) is 0 Å². The lowest BCUT2D eigenvalue weighted by atomic mass is 10.1. The predicted octanol–water partition coefficient (Wildman–Crippen LogP) is -0.735. The molecule has 0 aromatic carbocycles. The molecule has 2 amide bonds. The molecule has 3 aliphatic rings. The van der Waals surface area contributed by atoms with Crippen molar-refractivity contribution in [1.29, 1.82) is 0 Å². The fourth-order valence-electron chi connectivity index (χ4n) is 3.37. The van der Waals surface area contributed by atoms with Gasteiger partial charge >= 0.3 is 0 Å². The smallest absolute Gasteiger partial charge is 0.254 e. The second-order valence-electron chi connectivity index (χ2n) is 6.55. The number of rotatable bonds is 2. The van der Waals surface area contributed by atoms with Crippen molar-refractivity contribution in [3.63, 3.8) is 0 Å². The van der Waals surface area contributed by atoms with Crippen LogP contribution in [0, 0.1) is 0 Å². The van der Waals surface area contributed by atoms with Gasteiger partial charge in [0.2, 0.25) is 0 Å². The van der Waals surface area contributed by atoms with Gasteiger partial charge in [-0.2, -0.15) is 0 Å². The summed E-state index contributed by atoms with van der Waals surface area (Å²) < 4.78 is 21.7. The largest absolute Gasteiger partial charge is 0.376 e. The molecule has 0 spiro atoms. The number of piperazine rings is 1. The minimum Gasteiger partial charge on any atom is -0.376 e. The first-order chi connectivity index (χ1) is 11.6. The molecule has 8 nitrogen and oxygen atoms in total. The van der Waals surface area contributed by atoms with Crippen molar-refractivity contribution < 1.29 is 28.5 Å². The third-order valence-corrected chi connectivity index (χ3v) is 4.73. The molecule has 0 aromatic rings. The van der Waals surface area contributed by atoms with Gasteiger partial charge < -0.3 is 28.7 Å². The standard InChI is InChI=1S/C16H26N2O6/c1-11-7-18(16(20)14-10-22-4-6-24-14)12(2)8-17(11)15(19)13-9-21-3-5-23-13/h11-14H,3-10H2,1-2H3/t11-,12-,13-,14+/m1/s1. The summed E-state index contributed by atoms with van der Waals surface area (Å²) >= 11 is 0. The highest BCUT2D eigenvalue weighted by Crippen LogP contribution is 2.20. The first-order valence-electron chi connectivity index (χ1n) is 8.57. The van der Waals surface area contributed by atoms with Crippen molar-refractivity contribution in [3.8, 4) is 0 Å². The van der Waals surface area contributed by atoms with E-state index in [1.807, 2.05) is 13.8 Å². The second kappa shape index (κ2) is 7.77. The Kier molecular flexibility index (Phi) is 5.70. The van der Waals surface area contributed by atoms with Gasteiger partial charge in [0.05, 0.1) is 39.6 Å². The fraction of sp³-hybridized carbons (Fsp3) is 0.875. The predicted molar refractivity (Wildman–Crippen MR) is 83.5 cm³/mol. The summed E-state index contributed by atoms with van der Waals surface area (Å²) in [6.45, 7) is 7.41. The minimum atomic E-state index is -0.536. The Labute approximate surface area is 141 Å². The monoisotopic (exact) mass is 342 g/mol. The van der Waals surface area contributed by atoms with Crippen molar-refractivity contribution in [2.24, 2.45) is 0 Å². The van der Waals surface area contributed by atoms with Crippen LogP contribution in [-0.2, 0) is 28.5 Å². The normalized spacial score (nSPS) is 34.9. The maximum atomic E-state index is 12.7. The van der Waals surface area contributed by atoms with E-state index in [1.165, 1.54) is 0 Å². The molecule has 0 radical (unpaired) electrons. The lowest BCUT2D eigenvalue weighted by molar-refractivity contribution is -0.171. The Morgan fingerprint density at radius 1 is 0.750 bits per heavy atom. The average Bonchev–Trinajstić information content (AvgIpc) is 2.63. The van der Waals surface area contributed by atoms with E-state index in [4.69, 9.17) is 18.9 Å². The highest BCUT2D eigenvalue weighted by atomic mass is 16.6. The molecule has 0 N–H and O–H groups in total. The summed E-state index contributed by atoms with van der Waals surface area (Å²) in [7, 11) is 0. The van der Waals surface area contributed by atoms with Crippen LogP contribution in [0.1, 0.15) is 13.8 Å². The molecule has 0 aromatic heterocycles. The van der Waals surface area contributed by atoms with E-state index >= 15 is 0 Å². The molecule has 0 saturated carbocycles. The zero-order chi connectivity index (χ0) is 17.1. The Bertz CT molecular complexity index is 419. The molecule has 136 valence electrons. The molecular weight excluding hydrogens is 316 g/mol. The van der Waals surface area contributed by atoms with Crippen LogP contribution >= 0.6 is 0 Å². The number of hydrogen-bond acceptors (Lipinski definition) is 6. The number of nitrogens with zero attached hydrogens (tertiary/aromatic N) is 2. The average molecular weight is 342 g/mol. The van der Waals surface area contributed by atoms with Crippen LogP contribution in [0.15, 0.2) is 0 Å². The van der Waals surface area contributed by atoms with Gasteiger partial charge in [-0.05, 0) is 13.8 Å². The van der Waals surface area contributed by atoms with Crippen LogP contribution in [0.3, 0.4) is 0 Å². The van der Waals surface area contributed by atoms with Gasteiger partial charge in [-0.1, -0.05) is 0 Å². The van der Waals surface area contributed by atoms with Crippen LogP contribution < -0.4 is 0 Å². The summed E-state index contributed by atoms with van der Waals surface area (Å²) in [5.41, 5.74) is 0. The first kappa shape index (κ1) is 17.6. The molecule has 3 saturated heterocycles. The maximum Gasteiger partial charge on any atom is 0.254 e. The van der Waals surface area contributed by atoms with Crippen molar-refractivity contribution in [2.45, 2.75) is 38.1 Å². The molecule has 4 atom stereocenters. The summed E-state index contributed by atoms with van der Waals surface area (Å²) in [4.78, 5) is 28.9. The van der Waals surface area contributed by atoms with Crippen molar-refractivity contribution >= 4 is 11.8 Å². The zero-order valence-electron chi connectivity index (χ0n) is 14.3. The molecule has 0 bridgehead atoms. The number of amides is 2. The van der Waals surface area contributed by atoms with E-state index in [1.54, 1.807) is 9.80 Å². The third-order valence-electron chi connectivity index (χ3n) is 4.73. The summed E-state index contributed by atoms with van der Waals surface area (Å²) in [6.07, 6.45) is -1.07. The summed E-state index contributed by atoms with van der Waals surface area (Å²) in [6, 6.07) is -0.152. The Morgan fingerprint density at radius 2 is 1.17 bits per heavy atom. The fourth-order valence-corrected chi connectivity index (χ4v) is 3.37. The van der Waals surface area contributed by atoms with Gasteiger partial charge in [-0.3, -0.25) is 9.59 Å². The van der Waals surface area contributed by atoms with E-state index in [0.29, 0.717) is 52.7 Å². The Balaban J connectivity index is 1.60. The van der Waals surface area contributed by atoms with Crippen molar-refractivity contribution in [2.75, 3.05) is 52.7 Å². The van der Waals surface area contributed by atoms with Gasteiger partial charge in [-0.15, -0.1) is 0 Å². The third kappa shape index (κ3) is 3.72. The lowest BCUT2D eigenvalue weighted by Crippen LogP contribution is -2.63. The molecule has 3 aliphatic heterocycles. The number of hydrogen-bond donors (Lipinski definition) is 0. The first-order valence-corrected chi connectivity index (χ1v) is 8.57. The van der Waals surface area contributed by atoms with Gasteiger partial charge in [0.1, 0.15) is 0 Å². The molecule has 8 heteroatoms. The van der Waals surface area contributed by atoms with Gasteiger partial charge in [0, 0.05) is 25.2 Å². The van der Waals surface area contributed by atoms with Gasteiger partial charge in [0.25, 0.3) is 11.8 Å². The highest BCUT2D eigenvalue weighted by molar-refractivity contribution is 5.84. The maximum absolute atomic E-state index is 12.7. The molecule has 0 unspecified atom stereocenters. The summed E-state index contributed by atoms with van der Waals surface area (Å²) in [5.74, 6) is -0.114. The van der Waals surface area contributed by atoms with Crippen LogP contribution in [0.2, 0.25) is 0 Å². The van der Waals surface area contributed by atoms with E-state index in [2.05, 4.69) is 0 Å². The number of ether oxygens (including phenoxy) is 4. The highest BCUT2D eigenvalue weighted by Gasteiger charge is 2.40. The SMILES string of the molecule is C[C@@H]1CN(C(=O)[C@H]2COCCO2)[C@H](C)CN1C(=O)[C@@H]1COCCO1. The Hall–Kier alpha value is -1.22. The quantitative estimate of drug-likeness (QED) is 0.658. The van der Waals surface area contributed by atoms with Gasteiger partial charge in [-0.25, -0.2) is 0 Å². The van der Waals surface area contributed by atoms with Crippen molar-refractivity contribution in [3.05, 3.63) is 0 Å². The molecule has 0 aliphatic carbocycles. The lowest BCUT2D eigenvalue weighted by Gasteiger charge is -2.46. The van der Waals surface area contributed by atoms with E-state index in [9.17, 15) is 9.59 Å². The molecule has 24 heavy (non-hydrogen) atoms. The van der Waals surface area contributed by atoms with Crippen LogP contribution in [-0.4, -0.2) is 98.6 Å². The Morgan fingerprint density at radius 3 is 1.50 bits per heavy atom. The number of carbonyl (C=O) groups is 2. The zero-order valence-corrected chi connectivity index (χ0v) is 14.3. The minimum absolute atomic E-state index is 0.0570. The topological polar surface area (TPSA) is 77.5 Å². The molecule has 3 rings (SSSR count). The van der Waals surface area contributed by atoms with Crippen LogP contribution in [0.5, 0.6) is 0 Å². The molecular formula is C16H26N2O6. The molecule has 3 fully saturated rings. The van der Waals surface area contributed by atoms with E-state index in [0.717, 1.165) is 0 Å². The van der Waals surface area contributed by atoms with Gasteiger partial charge in [0.15, 0.2) is 12.2 Å². The molecule has 3 heterocycles. The second-order valence-corrected chi connectivity index (χ2v) is 6.55. The number of carbonyl (C=O) groups excluding carboxylic acids is 2.